The fourth-order valence-electron chi connectivity index (χ4n) is 3.08. The summed E-state index contributed by atoms with van der Waals surface area (Å²) in [5.41, 5.74) is 8.83. The first-order valence-electron chi connectivity index (χ1n) is 7.89. The molecule has 0 unspecified atom stereocenters. The maximum atomic E-state index is 9.69. The number of nitrogens with two attached hydrogens (primary N) is 1. The first kappa shape index (κ1) is 16.7. The molecular formula is C18H20N4O3. The van der Waals surface area contributed by atoms with E-state index >= 15 is 0 Å². The third-order valence-corrected chi connectivity index (χ3v) is 4.30. The molecule has 0 bridgehead atoms. The van der Waals surface area contributed by atoms with E-state index in [-0.39, 0.29) is 11.8 Å². The number of rotatable bonds is 4. The number of aromatic nitrogens is 2. The lowest BCUT2D eigenvalue weighted by molar-refractivity contribution is 0.372. The highest BCUT2D eigenvalue weighted by Gasteiger charge is 2.37. The minimum atomic E-state index is -0.425. The fourth-order valence-corrected chi connectivity index (χ4v) is 3.08. The molecule has 0 aliphatic carbocycles. The van der Waals surface area contributed by atoms with Gasteiger partial charge < -0.3 is 19.9 Å². The van der Waals surface area contributed by atoms with E-state index in [1.165, 1.54) is 0 Å². The first-order valence-corrected chi connectivity index (χ1v) is 7.89. The molecule has 2 aromatic rings. The van der Waals surface area contributed by atoms with Crippen molar-refractivity contribution in [3.8, 4) is 23.4 Å². The molecule has 130 valence electrons. The second-order valence-corrected chi connectivity index (χ2v) is 6.04. The quantitative estimate of drug-likeness (QED) is 0.886. The lowest BCUT2D eigenvalue weighted by Crippen LogP contribution is -2.21. The largest absolute Gasteiger partial charge is 0.497 e. The summed E-state index contributed by atoms with van der Waals surface area (Å²) >= 11 is 0. The van der Waals surface area contributed by atoms with E-state index in [2.05, 4.69) is 16.3 Å². The van der Waals surface area contributed by atoms with E-state index < -0.39 is 5.92 Å². The van der Waals surface area contributed by atoms with Gasteiger partial charge in [0.05, 0.1) is 25.7 Å². The van der Waals surface area contributed by atoms with Gasteiger partial charge in [0.15, 0.2) is 0 Å². The smallest absolute Gasteiger partial charge is 0.244 e. The maximum Gasteiger partial charge on any atom is 0.244 e. The highest BCUT2D eigenvalue weighted by atomic mass is 16.5. The van der Waals surface area contributed by atoms with Crippen molar-refractivity contribution in [2.45, 2.75) is 25.7 Å². The van der Waals surface area contributed by atoms with Gasteiger partial charge in [0, 0.05) is 17.3 Å². The Balaban J connectivity index is 2.27. The lowest BCUT2D eigenvalue weighted by atomic mass is 9.82. The Kier molecular flexibility index (Phi) is 4.28. The summed E-state index contributed by atoms with van der Waals surface area (Å²) in [6, 6.07) is 7.66. The van der Waals surface area contributed by atoms with Crippen LogP contribution in [0, 0.1) is 11.3 Å². The van der Waals surface area contributed by atoms with Crippen molar-refractivity contribution in [3.63, 3.8) is 0 Å². The topological polar surface area (TPSA) is 106 Å². The van der Waals surface area contributed by atoms with Gasteiger partial charge in [-0.25, -0.2) is 0 Å². The van der Waals surface area contributed by atoms with Crippen LogP contribution in [0.3, 0.4) is 0 Å². The number of aromatic amines is 1. The first-order chi connectivity index (χ1) is 12.0. The van der Waals surface area contributed by atoms with Crippen molar-refractivity contribution in [1.82, 2.24) is 10.2 Å². The van der Waals surface area contributed by atoms with Crippen LogP contribution in [0.4, 0.5) is 0 Å². The molecule has 1 aromatic heterocycles. The van der Waals surface area contributed by atoms with E-state index in [0.717, 1.165) is 16.8 Å². The van der Waals surface area contributed by atoms with Crippen LogP contribution in [0.15, 0.2) is 29.7 Å². The van der Waals surface area contributed by atoms with Gasteiger partial charge in [-0.3, -0.25) is 5.10 Å². The lowest BCUT2D eigenvalue weighted by Gasteiger charge is -2.26. The Labute approximate surface area is 146 Å². The van der Waals surface area contributed by atoms with Gasteiger partial charge in [0.2, 0.25) is 11.8 Å². The van der Waals surface area contributed by atoms with Crippen LogP contribution >= 0.6 is 0 Å². The number of hydrogen-bond donors (Lipinski definition) is 2. The molecule has 1 aromatic carbocycles. The summed E-state index contributed by atoms with van der Waals surface area (Å²) < 4.78 is 16.4. The zero-order valence-corrected chi connectivity index (χ0v) is 14.6. The van der Waals surface area contributed by atoms with Crippen molar-refractivity contribution < 1.29 is 14.2 Å². The van der Waals surface area contributed by atoms with Crippen LogP contribution in [0.5, 0.6) is 17.4 Å². The van der Waals surface area contributed by atoms with Gasteiger partial charge in [0.25, 0.3) is 0 Å². The van der Waals surface area contributed by atoms with Gasteiger partial charge in [-0.2, -0.15) is 5.26 Å². The van der Waals surface area contributed by atoms with Gasteiger partial charge in [0.1, 0.15) is 23.1 Å². The van der Waals surface area contributed by atoms with Gasteiger partial charge in [-0.1, -0.05) is 19.9 Å². The molecule has 7 nitrogen and oxygen atoms in total. The summed E-state index contributed by atoms with van der Waals surface area (Å²) in [5.74, 6) is 1.47. The van der Waals surface area contributed by atoms with Crippen molar-refractivity contribution in [1.29, 1.82) is 5.26 Å². The Morgan fingerprint density at radius 3 is 2.68 bits per heavy atom. The average molecular weight is 340 g/mol. The highest BCUT2D eigenvalue weighted by Crippen LogP contribution is 2.47. The predicted octanol–water partition coefficient (Wildman–Crippen LogP) is 2.77. The van der Waals surface area contributed by atoms with E-state index in [1.807, 2.05) is 26.0 Å². The molecule has 1 aliphatic rings. The summed E-state index contributed by atoms with van der Waals surface area (Å²) in [6.45, 7) is 4.09. The van der Waals surface area contributed by atoms with Crippen molar-refractivity contribution in [2.24, 2.45) is 5.73 Å². The van der Waals surface area contributed by atoms with Gasteiger partial charge >= 0.3 is 0 Å². The molecule has 25 heavy (non-hydrogen) atoms. The van der Waals surface area contributed by atoms with Crippen molar-refractivity contribution in [2.75, 3.05) is 14.2 Å². The number of nitrogens with one attached hydrogen (secondary N) is 1. The molecule has 0 saturated carbocycles. The Morgan fingerprint density at radius 1 is 1.32 bits per heavy atom. The van der Waals surface area contributed by atoms with Crippen molar-refractivity contribution >= 4 is 0 Å². The minimum Gasteiger partial charge on any atom is -0.497 e. The van der Waals surface area contributed by atoms with E-state index in [4.69, 9.17) is 19.9 Å². The van der Waals surface area contributed by atoms with Crippen LogP contribution in [0.25, 0.3) is 0 Å². The molecule has 3 rings (SSSR count). The third-order valence-electron chi connectivity index (χ3n) is 4.30. The van der Waals surface area contributed by atoms with Crippen molar-refractivity contribution in [3.05, 3.63) is 46.5 Å². The van der Waals surface area contributed by atoms with E-state index in [0.29, 0.717) is 23.0 Å². The van der Waals surface area contributed by atoms with Gasteiger partial charge in [-0.15, -0.1) is 5.10 Å². The van der Waals surface area contributed by atoms with Crippen LogP contribution in [0.2, 0.25) is 0 Å². The summed E-state index contributed by atoms with van der Waals surface area (Å²) in [6.07, 6.45) is 0. The number of hydrogen-bond acceptors (Lipinski definition) is 6. The van der Waals surface area contributed by atoms with Crippen LogP contribution in [0.1, 0.15) is 42.5 Å². The monoisotopic (exact) mass is 340 g/mol. The van der Waals surface area contributed by atoms with E-state index in [1.54, 1.807) is 20.3 Å². The molecule has 1 atom stereocenters. The average Bonchev–Trinajstić information content (AvgIpc) is 3.03. The van der Waals surface area contributed by atoms with Crippen LogP contribution in [-0.2, 0) is 0 Å². The molecule has 0 saturated heterocycles. The summed E-state index contributed by atoms with van der Waals surface area (Å²) in [5, 5.41) is 16.9. The maximum absolute atomic E-state index is 9.69. The SMILES string of the molecule is COc1ccc([C@H]2C(C#N)=C(N)Oc3n[nH]c(C(C)C)c32)c(OC)c1. The number of fused-ring (bicyclic) bond motifs is 1. The molecule has 0 amide bonds. The number of benzene rings is 1. The second kappa shape index (κ2) is 6.40. The zero-order chi connectivity index (χ0) is 18.1. The van der Waals surface area contributed by atoms with Gasteiger partial charge in [-0.05, 0) is 12.0 Å². The fraction of sp³-hybridized carbons (Fsp3) is 0.333. The predicted molar refractivity (Wildman–Crippen MR) is 91.5 cm³/mol. The molecular weight excluding hydrogens is 320 g/mol. The van der Waals surface area contributed by atoms with Crippen LogP contribution < -0.4 is 19.9 Å². The molecule has 3 N–H and O–H groups in total. The molecule has 0 fully saturated rings. The highest BCUT2D eigenvalue weighted by molar-refractivity contribution is 5.59. The number of methoxy groups -OCH3 is 2. The Morgan fingerprint density at radius 2 is 2.08 bits per heavy atom. The number of ether oxygens (including phenoxy) is 3. The van der Waals surface area contributed by atoms with Crippen LogP contribution in [-0.4, -0.2) is 24.4 Å². The molecule has 0 spiro atoms. The number of nitrogens with zero attached hydrogens (tertiary/aromatic N) is 2. The molecule has 0 radical (unpaired) electrons. The number of nitriles is 1. The third kappa shape index (κ3) is 2.66. The summed E-state index contributed by atoms with van der Waals surface area (Å²) in [7, 11) is 3.17. The Bertz CT molecular complexity index is 877. The normalized spacial score (nSPS) is 16.2. The molecule has 2 heterocycles. The standard InChI is InChI=1S/C18H20N4O3/c1-9(2)16-15-14(11-6-5-10(23-3)7-13(11)24-4)12(8-19)17(20)25-18(15)22-21-16/h5-7,9,14H,20H2,1-4H3,(H,21,22)/t14-/m0/s1. The summed E-state index contributed by atoms with van der Waals surface area (Å²) in [4.78, 5) is 0. The number of allylic oxidation sites excluding steroid dienone is 1. The minimum absolute atomic E-state index is 0.0553. The molecule has 7 heteroatoms. The Hall–Kier alpha value is -3.14. The molecule has 1 aliphatic heterocycles. The second-order valence-electron chi connectivity index (χ2n) is 6.04. The zero-order valence-electron chi connectivity index (χ0n) is 14.6. The number of H-pyrrole nitrogens is 1. The van der Waals surface area contributed by atoms with E-state index in [9.17, 15) is 5.26 Å².